The molecule has 0 fully saturated rings. The number of hydrogen-bond donors (Lipinski definition) is 1. The Morgan fingerprint density at radius 3 is 2.71 bits per heavy atom. The lowest BCUT2D eigenvalue weighted by Crippen LogP contribution is -2.35. The minimum Gasteiger partial charge on any atom is -0.379 e. The van der Waals surface area contributed by atoms with E-state index in [-0.39, 0.29) is 12.0 Å². The number of fused-ring (bicyclic) bond motifs is 1. The molecule has 5 nitrogen and oxygen atoms in total. The van der Waals surface area contributed by atoms with E-state index in [1.165, 1.54) is 15.8 Å². The highest BCUT2D eigenvalue weighted by Gasteiger charge is 2.14. The van der Waals surface area contributed by atoms with Gasteiger partial charge in [0.2, 0.25) is 5.91 Å². The molecule has 0 unspecified atom stereocenters. The summed E-state index contributed by atoms with van der Waals surface area (Å²) < 4.78 is 6.66. The number of aromatic nitrogens is 1. The number of nitrogens with one attached hydrogen (secondary N) is 1. The molecule has 0 radical (unpaired) electrons. The molecule has 0 bridgehead atoms. The SMILES string of the molecule is Cc1ccc(C)c2sc(N(C)CC(=O)NCCCOC(C)C)nc12. The van der Waals surface area contributed by atoms with Crippen LogP contribution in [-0.4, -0.2) is 43.7 Å². The van der Waals surface area contributed by atoms with Crippen molar-refractivity contribution in [1.29, 1.82) is 0 Å². The molecule has 0 aliphatic carbocycles. The molecule has 6 heteroatoms. The first-order valence-corrected chi connectivity index (χ1v) is 9.16. The molecular weight excluding hydrogens is 322 g/mol. The third kappa shape index (κ3) is 4.92. The van der Waals surface area contributed by atoms with Crippen molar-refractivity contribution in [3.05, 3.63) is 23.3 Å². The molecule has 2 rings (SSSR count). The van der Waals surface area contributed by atoms with Crippen molar-refractivity contribution in [2.24, 2.45) is 0 Å². The topological polar surface area (TPSA) is 54.5 Å². The maximum absolute atomic E-state index is 12.1. The zero-order valence-corrected chi connectivity index (χ0v) is 16.0. The van der Waals surface area contributed by atoms with Crippen LogP contribution in [0, 0.1) is 13.8 Å². The average molecular weight is 350 g/mol. The summed E-state index contributed by atoms with van der Waals surface area (Å²) in [6.07, 6.45) is 1.06. The number of hydrogen-bond acceptors (Lipinski definition) is 5. The summed E-state index contributed by atoms with van der Waals surface area (Å²) >= 11 is 1.64. The number of carbonyl (C=O) groups is 1. The van der Waals surface area contributed by atoms with E-state index >= 15 is 0 Å². The summed E-state index contributed by atoms with van der Waals surface area (Å²) in [5.41, 5.74) is 3.43. The molecule has 1 aromatic carbocycles. The third-order valence-electron chi connectivity index (χ3n) is 3.73. The molecule has 0 saturated carbocycles. The summed E-state index contributed by atoms with van der Waals surface area (Å²) in [4.78, 5) is 18.7. The first-order chi connectivity index (χ1) is 11.4. The highest BCUT2D eigenvalue weighted by Crippen LogP contribution is 2.32. The Morgan fingerprint density at radius 1 is 1.33 bits per heavy atom. The van der Waals surface area contributed by atoms with Gasteiger partial charge in [0, 0.05) is 20.2 Å². The lowest BCUT2D eigenvalue weighted by molar-refractivity contribution is -0.119. The minimum absolute atomic E-state index is 0.00902. The van der Waals surface area contributed by atoms with Gasteiger partial charge in [0.1, 0.15) is 0 Å². The van der Waals surface area contributed by atoms with E-state index in [0.29, 0.717) is 19.7 Å². The van der Waals surface area contributed by atoms with Gasteiger partial charge >= 0.3 is 0 Å². The van der Waals surface area contributed by atoms with Crippen LogP contribution in [0.3, 0.4) is 0 Å². The van der Waals surface area contributed by atoms with Gasteiger partial charge in [-0.25, -0.2) is 4.98 Å². The summed E-state index contributed by atoms with van der Waals surface area (Å²) in [6.45, 7) is 9.79. The molecule has 0 atom stereocenters. The second-order valence-electron chi connectivity index (χ2n) is 6.35. The van der Waals surface area contributed by atoms with Crippen LogP contribution in [-0.2, 0) is 9.53 Å². The largest absolute Gasteiger partial charge is 0.379 e. The quantitative estimate of drug-likeness (QED) is 0.743. The van der Waals surface area contributed by atoms with Crippen LogP contribution in [0.1, 0.15) is 31.4 Å². The number of aryl methyl sites for hydroxylation is 2. The van der Waals surface area contributed by atoms with Gasteiger partial charge in [0.15, 0.2) is 5.13 Å². The predicted octanol–water partition coefficient (Wildman–Crippen LogP) is 3.28. The maximum atomic E-state index is 12.1. The Morgan fingerprint density at radius 2 is 2.04 bits per heavy atom. The Hall–Kier alpha value is -1.66. The molecule has 0 aliphatic heterocycles. The number of carbonyl (C=O) groups excluding carboxylic acids is 1. The van der Waals surface area contributed by atoms with E-state index in [0.717, 1.165) is 17.1 Å². The molecule has 1 N–H and O–H groups in total. The van der Waals surface area contributed by atoms with E-state index in [1.807, 2.05) is 25.8 Å². The van der Waals surface area contributed by atoms with E-state index in [9.17, 15) is 4.79 Å². The molecule has 0 saturated heterocycles. The lowest BCUT2D eigenvalue weighted by Gasteiger charge is -2.15. The Labute approximate surface area is 148 Å². The number of rotatable bonds is 8. The monoisotopic (exact) mass is 349 g/mol. The van der Waals surface area contributed by atoms with Crippen molar-refractivity contribution in [2.45, 2.75) is 40.2 Å². The molecular formula is C18H27N3O2S. The van der Waals surface area contributed by atoms with Crippen molar-refractivity contribution in [3.8, 4) is 0 Å². The smallest absolute Gasteiger partial charge is 0.239 e. The fraction of sp³-hybridized carbons (Fsp3) is 0.556. The Bertz CT molecular complexity index is 658. The zero-order valence-electron chi connectivity index (χ0n) is 15.2. The second-order valence-corrected chi connectivity index (χ2v) is 7.33. The standard InChI is InChI=1S/C18H27N3O2S/c1-12(2)23-10-6-9-19-15(22)11-21(5)18-20-16-13(3)7-8-14(4)17(16)24-18/h7-8,12H,6,9-11H2,1-5H3,(H,19,22). The van der Waals surface area contributed by atoms with Gasteiger partial charge in [-0.2, -0.15) is 0 Å². The number of anilines is 1. The molecule has 0 aliphatic rings. The second kappa shape index (κ2) is 8.44. The van der Waals surface area contributed by atoms with Crippen molar-refractivity contribution in [2.75, 3.05) is 31.6 Å². The van der Waals surface area contributed by atoms with Crippen LogP contribution in [0.5, 0.6) is 0 Å². The van der Waals surface area contributed by atoms with Gasteiger partial charge in [0.05, 0.1) is 22.9 Å². The van der Waals surface area contributed by atoms with E-state index in [1.54, 1.807) is 11.3 Å². The molecule has 132 valence electrons. The van der Waals surface area contributed by atoms with Crippen molar-refractivity contribution in [1.82, 2.24) is 10.3 Å². The summed E-state index contributed by atoms with van der Waals surface area (Å²) in [7, 11) is 1.91. The van der Waals surface area contributed by atoms with Crippen LogP contribution in [0.2, 0.25) is 0 Å². The fourth-order valence-electron chi connectivity index (χ4n) is 2.37. The number of thiazole rings is 1. The Kier molecular flexibility index (Phi) is 6.57. The molecule has 1 heterocycles. The highest BCUT2D eigenvalue weighted by atomic mass is 32.1. The van der Waals surface area contributed by atoms with E-state index in [4.69, 9.17) is 9.72 Å². The molecule has 1 amide bonds. The van der Waals surface area contributed by atoms with Gasteiger partial charge in [-0.15, -0.1) is 0 Å². The van der Waals surface area contributed by atoms with Crippen LogP contribution in [0.15, 0.2) is 12.1 Å². The number of amides is 1. The molecule has 2 aromatic rings. The van der Waals surface area contributed by atoms with Crippen molar-refractivity contribution >= 4 is 32.6 Å². The average Bonchev–Trinajstić information content (AvgIpc) is 2.97. The summed E-state index contributed by atoms with van der Waals surface area (Å²) in [6, 6.07) is 4.21. The van der Waals surface area contributed by atoms with Crippen LogP contribution in [0.4, 0.5) is 5.13 Å². The number of likely N-dealkylation sites (N-methyl/N-ethyl adjacent to an activating group) is 1. The van der Waals surface area contributed by atoms with Gasteiger partial charge in [-0.1, -0.05) is 23.5 Å². The highest BCUT2D eigenvalue weighted by molar-refractivity contribution is 7.22. The van der Waals surface area contributed by atoms with E-state index < -0.39 is 0 Å². The molecule has 1 aromatic heterocycles. The number of nitrogens with zero attached hydrogens (tertiary/aromatic N) is 2. The molecule has 24 heavy (non-hydrogen) atoms. The normalized spacial score (nSPS) is 11.2. The Balaban J connectivity index is 1.88. The van der Waals surface area contributed by atoms with Gasteiger partial charge in [-0.05, 0) is 45.2 Å². The fourth-order valence-corrected chi connectivity index (χ4v) is 3.44. The summed E-state index contributed by atoms with van der Waals surface area (Å²) in [5.74, 6) is 0.00902. The summed E-state index contributed by atoms with van der Waals surface area (Å²) in [5, 5.41) is 3.81. The maximum Gasteiger partial charge on any atom is 0.239 e. The lowest BCUT2D eigenvalue weighted by atomic mass is 10.1. The van der Waals surface area contributed by atoms with Crippen LogP contribution < -0.4 is 10.2 Å². The van der Waals surface area contributed by atoms with E-state index in [2.05, 4.69) is 31.3 Å². The van der Waals surface area contributed by atoms with Crippen molar-refractivity contribution in [3.63, 3.8) is 0 Å². The van der Waals surface area contributed by atoms with Gasteiger partial charge in [0.25, 0.3) is 0 Å². The first-order valence-electron chi connectivity index (χ1n) is 8.34. The third-order valence-corrected chi connectivity index (χ3v) is 5.04. The number of ether oxygens (including phenoxy) is 1. The first kappa shape index (κ1) is 18.7. The zero-order chi connectivity index (χ0) is 17.7. The van der Waals surface area contributed by atoms with Gasteiger partial charge in [-0.3, -0.25) is 4.79 Å². The molecule has 0 spiro atoms. The van der Waals surface area contributed by atoms with Gasteiger partial charge < -0.3 is 15.0 Å². The minimum atomic E-state index is 0.00902. The number of benzene rings is 1. The predicted molar refractivity (Wildman–Crippen MR) is 101 cm³/mol. The van der Waals surface area contributed by atoms with Crippen LogP contribution in [0.25, 0.3) is 10.2 Å². The van der Waals surface area contributed by atoms with Crippen LogP contribution >= 0.6 is 11.3 Å². The van der Waals surface area contributed by atoms with Crippen molar-refractivity contribution < 1.29 is 9.53 Å².